The molecule has 0 aromatic heterocycles. The molecule has 0 aliphatic heterocycles. The highest BCUT2D eigenvalue weighted by molar-refractivity contribution is 7.49. The van der Waals surface area contributed by atoms with E-state index >= 15 is 0 Å². The Morgan fingerprint density at radius 1 is 0.441 bits per heavy atom. The molecule has 0 saturated carbocycles. The second-order valence-corrected chi connectivity index (χ2v) is 9.53. The first kappa shape index (κ1) is 23.5. The van der Waals surface area contributed by atoms with Crippen LogP contribution in [0.4, 0.5) is 0 Å². The summed E-state index contributed by atoms with van der Waals surface area (Å²) in [5, 5.41) is 0. The van der Waals surface area contributed by atoms with Crippen molar-refractivity contribution in [2.45, 2.75) is 0 Å². The van der Waals surface area contributed by atoms with E-state index < -0.39 is 15.6 Å². The largest absolute Gasteiger partial charge is 0.647 e. The molecule has 10 heteroatoms. The first-order chi connectivity index (χ1) is 16.4. The van der Waals surface area contributed by atoms with E-state index in [0.29, 0.717) is 0 Å². The van der Waals surface area contributed by atoms with Crippen LogP contribution in [0.3, 0.4) is 0 Å². The maximum atomic E-state index is 13.5. The van der Waals surface area contributed by atoms with Crippen LogP contribution in [0.1, 0.15) is 0 Å². The van der Waals surface area contributed by atoms with Gasteiger partial charge in [-0.25, -0.2) is 4.57 Å². The molecule has 0 aliphatic carbocycles. The SMILES string of the molecule is O=P(O)(Oc1ccccc1)Oc1cccc(OP(=O)(Oc2ccccc2)Oc2ccccc2)c1. The van der Waals surface area contributed by atoms with Crippen molar-refractivity contribution in [3.8, 4) is 28.7 Å². The number of hydrogen-bond donors (Lipinski definition) is 1. The van der Waals surface area contributed by atoms with E-state index in [4.69, 9.17) is 22.6 Å². The van der Waals surface area contributed by atoms with Crippen molar-refractivity contribution in [1.82, 2.24) is 0 Å². The molecule has 0 aliphatic rings. The smallest absolute Gasteiger partial charge is 0.395 e. The van der Waals surface area contributed by atoms with Gasteiger partial charge in [0.25, 0.3) is 0 Å². The maximum Gasteiger partial charge on any atom is 0.647 e. The molecule has 0 spiro atoms. The van der Waals surface area contributed by atoms with Gasteiger partial charge in [0.2, 0.25) is 0 Å². The van der Waals surface area contributed by atoms with Crippen LogP contribution >= 0.6 is 15.6 Å². The van der Waals surface area contributed by atoms with E-state index in [1.54, 1.807) is 78.9 Å². The highest BCUT2D eigenvalue weighted by Gasteiger charge is 2.33. The molecule has 1 unspecified atom stereocenters. The average Bonchev–Trinajstić information content (AvgIpc) is 2.80. The molecule has 1 atom stereocenters. The minimum absolute atomic E-state index is 0.0207. The average molecular weight is 498 g/mol. The Kier molecular flexibility index (Phi) is 7.24. The van der Waals surface area contributed by atoms with Crippen LogP contribution < -0.4 is 22.6 Å². The second-order valence-electron chi connectivity index (χ2n) is 6.79. The zero-order valence-corrected chi connectivity index (χ0v) is 19.5. The quantitative estimate of drug-likeness (QED) is 0.236. The van der Waals surface area contributed by atoms with Crippen LogP contribution in [0.2, 0.25) is 0 Å². The minimum atomic E-state index is -4.50. The number of rotatable bonds is 10. The van der Waals surface area contributed by atoms with Gasteiger partial charge in [-0.2, -0.15) is 4.57 Å². The molecule has 0 fully saturated rings. The molecule has 0 saturated heterocycles. The minimum Gasteiger partial charge on any atom is -0.395 e. The first-order valence-corrected chi connectivity index (χ1v) is 13.0. The van der Waals surface area contributed by atoms with Gasteiger partial charge in [-0.05, 0) is 48.5 Å². The van der Waals surface area contributed by atoms with Crippen molar-refractivity contribution in [2.24, 2.45) is 0 Å². The predicted molar refractivity (Wildman–Crippen MR) is 126 cm³/mol. The van der Waals surface area contributed by atoms with Crippen LogP contribution in [0, 0.1) is 0 Å². The van der Waals surface area contributed by atoms with Crippen LogP contribution in [0.5, 0.6) is 28.7 Å². The fourth-order valence-corrected chi connectivity index (χ4v) is 4.81. The number of phosphoric acid groups is 2. The highest BCUT2D eigenvalue weighted by Crippen LogP contribution is 2.51. The molecule has 8 nitrogen and oxygen atoms in total. The van der Waals surface area contributed by atoms with Gasteiger partial charge < -0.3 is 22.6 Å². The van der Waals surface area contributed by atoms with E-state index in [1.807, 2.05) is 0 Å². The summed E-state index contributed by atoms with van der Waals surface area (Å²) in [6.45, 7) is 0. The summed E-state index contributed by atoms with van der Waals surface area (Å²) < 4.78 is 52.8. The third-order valence-electron chi connectivity index (χ3n) is 4.13. The molecular formula is C24H20O8P2. The fraction of sp³-hybridized carbons (Fsp3) is 0. The molecule has 0 amide bonds. The van der Waals surface area contributed by atoms with Crippen LogP contribution in [0.25, 0.3) is 0 Å². The summed E-state index contributed by atoms with van der Waals surface area (Å²) >= 11 is 0. The molecule has 4 aromatic carbocycles. The lowest BCUT2D eigenvalue weighted by atomic mass is 10.3. The third kappa shape index (κ3) is 6.90. The topological polar surface area (TPSA) is 101 Å². The lowest BCUT2D eigenvalue weighted by molar-refractivity contribution is 0.289. The molecule has 0 radical (unpaired) electrons. The molecule has 1 N–H and O–H groups in total. The molecule has 4 rings (SSSR count). The number of para-hydroxylation sites is 3. The van der Waals surface area contributed by atoms with Crippen molar-refractivity contribution < 1.29 is 36.6 Å². The number of hydrogen-bond acceptors (Lipinski definition) is 7. The summed E-state index contributed by atoms with van der Waals surface area (Å²) in [5.41, 5.74) is 0. The van der Waals surface area contributed by atoms with Gasteiger partial charge in [-0.1, -0.05) is 60.7 Å². The predicted octanol–water partition coefficient (Wildman–Crippen LogP) is 6.89. The van der Waals surface area contributed by atoms with Gasteiger partial charge in [-0.3, -0.25) is 4.89 Å². The van der Waals surface area contributed by atoms with Crippen LogP contribution in [-0.2, 0) is 9.13 Å². The van der Waals surface area contributed by atoms with Crippen molar-refractivity contribution in [1.29, 1.82) is 0 Å². The Hall–Kier alpha value is -3.70. The summed E-state index contributed by atoms with van der Waals surface area (Å²) in [7, 11) is -8.73. The van der Waals surface area contributed by atoms with Gasteiger partial charge in [0.05, 0.1) is 0 Å². The summed E-state index contributed by atoms with van der Waals surface area (Å²) in [5.74, 6) is 0.672. The zero-order chi connectivity index (χ0) is 23.9. The Labute approximate surface area is 196 Å². The van der Waals surface area contributed by atoms with E-state index in [1.165, 1.54) is 36.4 Å². The van der Waals surface area contributed by atoms with E-state index in [-0.39, 0.29) is 28.7 Å². The van der Waals surface area contributed by atoms with Gasteiger partial charge in [0.1, 0.15) is 28.7 Å². The van der Waals surface area contributed by atoms with Crippen LogP contribution in [-0.4, -0.2) is 4.89 Å². The lowest BCUT2D eigenvalue weighted by Crippen LogP contribution is -2.07. The van der Waals surface area contributed by atoms with E-state index in [9.17, 15) is 14.0 Å². The van der Waals surface area contributed by atoms with Crippen molar-refractivity contribution in [2.75, 3.05) is 0 Å². The molecular weight excluding hydrogens is 478 g/mol. The molecule has 34 heavy (non-hydrogen) atoms. The Bertz CT molecular complexity index is 1250. The zero-order valence-electron chi connectivity index (χ0n) is 17.7. The Morgan fingerprint density at radius 2 is 0.765 bits per heavy atom. The monoisotopic (exact) mass is 498 g/mol. The van der Waals surface area contributed by atoms with Crippen molar-refractivity contribution >= 4 is 15.6 Å². The van der Waals surface area contributed by atoms with Crippen LogP contribution in [0.15, 0.2) is 115 Å². The molecule has 174 valence electrons. The van der Waals surface area contributed by atoms with Crippen molar-refractivity contribution in [3.05, 3.63) is 115 Å². The summed E-state index contributed by atoms with van der Waals surface area (Å²) in [4.78, 5) is 10.1. The molecule has 0 bridgehead atoms. The second kappa shape index (κ2) is 10.5. The third-order valence-corrected chi connectivity index (χ3v) is 6.31. The summed E-state index contributed by atoms with van der Waals surface area (Å²) in [6.07, 6.45) is 0. The van der Waals surface area contributed by atoms with Gasteiger partial charge in [-0.15, -0.1) is 0 Å². The van der Waals surface area contributed by atoms with Gasteiger partial charge >= 0.3 is 15.6 Å². The molecule has 0 heterocycles. The normalized spacial score (nSPS) is 12.7. The van der Waals surface area contributed by atoms with Crippen molar-refractivity contribution in [3.63, 3.8) is 0 Å². The van der Waals surface area contributed by atoms with Gasteiger partial charge in [0.15, 0.2) is 0 Å². The highest BCUT2D eigenvalue weighted by atomic mass is 31.2. The van der Waals surface area contributed by atoms with Gasteiger partial charge in [0, 0.05) is 6.07 Å². The maximum absolute atomic E-state index is 13.5. The number of benzene rings is 4. The lowest BCUT2D eigenvalue weighted by Gasteiger charge is -2.20. The summed E-state index contributed by atoms with van der Waals surface area (Å²) in [6, 6.07) is 30.6. The van der Waals surface area contributed by atoms with E-state index in [2.05, 4.69) is 0 Å². The first-order valence-electron chi connectivity index (χ1n) is 10.1. The Morgan fingerprint density at radius 3 is 1.24 bits per heavy atom. The fourth-order valence-electron chi connectivity index (χ4n) is 2.76. The molecule has 4 aromatic rings. The Balaban J connectivity index is 1.54. The number of phosphoric ester groups is 2. The standard InChI is InChI=1S/C24H20O8P2/c25-33(26,28-20-11-4-1-5-12-20)29-23-17-10-18-24(19-23)32-34(27,30-21-13-6-2-7-14-21)31-22-15-8-3-9-16-22/h1-19H,(H,25,26). The van der Waals surface area contributed by atoms with E-state index in [0.717, 1.165) is 0 Å².